The molecule has 0 rings (SSSR count). The summed E-state index contributed by atoms with van der Waals surface area (Å²) < 4.78 is 30.1. The van der Waals surface area contributed by atoms with Gasteiger partial charge in [0.15, 0.2) is 0 Å². The minimum Gasteiger partial charge on any atom is -0.481 e. The number of carboxylic acids is 1. The van der Waals surface area contributed by atoms with Crippen LogP contribution in [-0.2, 0) is 14.9 Å². The van der Waals surface area contributed by atoms with Gasteiger partial charge in [0.1, 0.15) is 0 Å². The number of hydrogen-bond donors (Lipinski definition) is 2. The van der Waals surface area contributed by atoms with Gasteiger partial charge in [-0.05, 0) is 25.2 Å². The van der Waals surface area contributed by atoms with E-state index >= 15 is 0 Å². The van der Waals surface area contributed by atoms with Crippen LogP contribution in [0.4, 0.5) is 0 Å². The molecule has 0 aromatic heterocycles. The maximum Gasteiger partial charge on any atom is 0.306 e. The second-order valence-corrected chi connectivity index (χ2v) is 9.66. The van der Waals surface area contributed by atoms with Crippen LogP contribution in [0.5, 0.6) is 0 Å². The predicted molar refractivity (Wildman–Crippen MR) is 112 cm³/mol. The molecule has 0 saturated heterocycles. The molecule has 0 amide bonds. The van der Waals surface area contributed by atoms with Crippen LogP contribution < -0.4 is 0 Å². The fraction of sp³-hybridized carbons (Fsp3) is 0.952. The first-order valence-electron chi connectivity index (χ1n) is 10.9. The topological polar surface area (TPSA) is 91.7 Å². The molecule has 0 aliphatic carbocycles. The van der Waals surface area contributed by atoms with Crippen LogP contribution in [0.25, 0.3) is 0 Å². The van der Waals surface area contributed by atoms with Crippen molar-refractivity contribution in [3.8, 4) is 0 Å². The van der Waals surface area contributed by atoms with Crippen molar-refractivity contribution in [2.24, 2.45) is 11.8 Å². The second-order valence-electron chi connectivity index (χ2n) is 8.09. The van der Waals surface area contributed by atoms with Gasteiger partial charge in [-0.3, -0.25) is 9.35 Å². The van der Waals surface area contributed by atoms with Gasteiger partial charge in [-0.2, -0.15) is 8.42 Å². The molecular weight excluding hydrogens is 364 g/mol. The SMILES string of the molecule is CCC(C)CCCCCCCCCCCCC(CCCS(=O)(=O)O)C(=O)O. The highest BCUT2D eigenvalue weighted by Gasteiger charge is 2.17. The van der Waals surface area contributed by atoms with Crippen molar-refractivity contribution in [1.29, 1.82) is 0 Å². The smallest absolute Gasteiger partial charge is 0.306 e. The van der Waals surface area contributed by atoms with E-state index in [4.69, 9.17) is 4.55 Å². The summed E-state index contributed by atoms with van der Waals surface area (Å²) in [6.45, 7) is 4.59. The number of carbonyl (C=O) groups is 1. The highest BCUT2D eigenvalue weighted by molar-refractivity contribution is 7.85. The molecule has 0 fully saturated rings. The molecule has 0 aliphatic rings. The van der Waals surface area contributed by atoms with Gasteiger partial charge in [-0.25, -0.2) is 0 Å². The van der Waals surface area contributed by atoms with E-state index in [0.29, 0.717) is 12.8 Å². The third kappa shape index (κ3) is 18.5. The Morgan fingerprint density at radius 1 is 0.778 bits per heavy atom. The molecule has 0 aliphatic heterocycles. The maximum absolute atomic E-state index is 11.2. The lowest BCUT2D eigenvalue weighted by Crippen LogP contribution is -2.15. The zero-order valence-electron chi connectivity index (χ0n) is 17.5. The van der Waals surface area contributed by atoms with Gasteiger partial charge in [0.05, 0.1) is 11.7 Å². The highest BCUT2D eigenvalue weighted by atomic mass is 32.2. The molecule has 2 N–H and O–H groups in total. The lowest BCUT2D eigenvalue weighted by molar-refractivity contribution is -0.142. The summed E-state index contributed by atoms with van der Waals surface area (Å²) >= 11 is 0. The monoisotopic (exact) mass is 406 g/mol. The average molecular weight is 407 g/mol. The van der Waals surface area contributed by atoms with E-state index in [1.165, 1.54) is 57.8 Å². The van der Waals surface area contributed by atoms with Gasteiger partial charge in [0.2, 0.25) is 0 Å². The maximum atomic E-state index is 11.2. The molecule has 2 atom stereocenters. The van der Waals surface area contributed by atoms with Crippen molar-refractivity contribution in [3.63, 3.8) is 0 Å². The molecule has 0 aromatic rings. The number of rotatable bonds is 19. The quantitative estimate of drug-likeness (QED) is 0.200. The van der Waals surface area contributed by atoms with Gasteiger partial charge in [0, 0.05) is 0 Å². The molecule has 2 unspecified atom stereocenters. The minimum absolute atomic E-state index is 0.202. The molecule has 0 saturated carbocycles. The predicted octanol–water partition coefficient (Wildman–Crippen LogP) is 6.08. The molecule has 162 valence electrons. The summed E-state index contributed by atoms with van der Waals surface area (Å²) in [5.74, 6) is -0.844. The van der Waals surface area contributed by atoms with Crippen molar-refractivity contribution in [3.05, 3.63) is 0 Å². The number of aliphatic carboxylic acids is 1. The molecule has 0 spiro atoms. The fourth-order valence-electron chi connectivity index (χ4n) is 3.41. The molecule has 0 bridgehead atoms. The van der Waals surface area contributed by atoms with E-state index in [1.807, 2.05) is 0 Å². The van der Waals surface area contributed by atoms with Crippen molar-refractivity contribution in [1.82, 2.24) is 0 Å². The lowest BCUT2D eigenvalue weighted by Gasteiger charge is -2.11. The van der Waals surface area contributed by atoms with E-state index in [1.54, 1.807) is 0 Å². The van der Waals surface area contributed by atoms with Crippen LogP contribution in [0.15, 0.2) is 0 Å². The van der Waals surface area contributed by atoms with Crippen LogP contribution in [0.3, 0.4) is 0 Å². The van der Waals surface area contributed by atoms with Crippen molar-refractivity contribution in [2.45, 2.75) is 110 Å². The summed E-state index contributed by atoms with van der Waals surface area (Å²) in [6.07, 6.45) is 16.0. The van der Waals surface area contributed by atoms with E-state index in [2.05, 4.69) is 13.8 Å². The summed E-state index contributed by atoms with van der Waals surface area (Å²) in [7, 11) is -3.99. The zero-order valence-corrected chi connectivity index (χ0v) is 18.3. The number of unbranched alkanes of at least 4 members (excludes halogenated alkanes) is 9. The largest absolute Gasteiger partial charge is 0.481 e. The molecule has 0 heterocycles. The standard InChI is InChI=1S/C21H42O5S/c1-3-19(2)15-12-10-8-6-4-5-7-9-11-13-16-20(21(22)23)17-14-18-27(24,25)26/h19-20H,3-18H2,1-2H3,(H,22,23)(H,24,25,26). The zero-order chi connectivity index (χ0) is 20.5. The van der Waals surface area contributed by atoms with Gasteiger partial charge in [-0.1, -0.05) is 90.9 Å². The van der Waals surface area contributed by atoms with Gasteiger partial charge in [0.25, 0.3) is 10.1 Å². The van der Waals surface area contributed by atoms with Crippen LogP contribution in [-0.4, -0.2) is 29.8 Å². The van der Waals surface area contributed by atoms with Crippen LogP contribution in [0.1, 0.15) is 110 Å². The van der Waals surface area contributed by atoms with Crippen LogP contribution in [0.2, 0.25) is 0 Å². The van der Waals surface area contributed by atoms with E-state index in [9.17, 15) is 18.3 Å². The molecule has 0 aromatic carbocycles. The van der Waals surface area contributed by atoms with Gasteiger partial charge < -0.3 is 5.11 Å². The Bertz CT molecular complexity index is 461. The lowest BCUT2D eigenvalue weighted by atomic mass is 9.96. The second kappa shape index (κ2) is 16.3. The van der Waals surface area contributed by atoms with E-state index < -0.39 is 22.0 Å². The summed E-state index contributed by atoms with van der Waals surface area (Å²) in [5.41, 5.74) is 0. The first kappa shape index (κ1) is 26.4. The van der Waals surface area contributed by atoms with Gasteiger partial charge in [-0.15, -0.1) is 0 Å². The Morgan fingerprint density at radius 2 is 1.19 bits per heavy atom. The van der Waals surface area contributed by atoms with Crippen molar-refractivity contribution in [2.75, 3.05) is 5.75 Å². The Balaban J connectivity index is 3.51. The molecule has 27 heavy (non-hydrogen) atoms. The van der Waals surface area contributed by atoms with Crippen molar-refractivity contribution < 1.29 is 22.9 Å². The average Bonchev–Trinajstić information content (AvgIpc) is 2.59. The Kier molecular flexibility index (Phi) is 16.0. The highest BCUT2D eigenvalue weighted by Crippen LogP contribution is 2.19. The number of hydrogen-bond acceptors (Lipinski definition) is 3. The van der Waals surface area contributed by atoms with Crippen LogP contribution >= 0.6 is 0 Å². The first-order valence-corrected chi connectivity index (χ1v) is 12.5. The third-order valence-electron chi connectivity index (χ3n) is 5.50. The molecular formula is C21H42O5S. The minimum atomic E-state index is -3.99. The molecule has 0 radical (unpaired) electrons. The van der Waals surface area contributed by atoms with E-state index in [-0.39, 0.29) is 12.2 Å². The number of carboxylic acid groups (broad SMARTS) is 1. The molecule has 5 nitrogen and oxygen atoms in total. The van der Waals surface area contributed by atoms with Crippen LogP contribution in [0, 0.1) is 11.8 Å². The first-order chi connectivity index (χ1) is 12.8. The normalized spacial score (nSPS) is 14.2. The summed E-state index contributed by atoms with van der Waals surface area (Å²) in [5, 5.41) is 9.20. The summed E-state index contributed by atoms with van der Waals surface area (Å²) in [4.78, 5) is 11.2. The Hall–Kier alpha value is -0.620. The fourth-order valence-corrected chi connectivity index (χ4v) is 3.94. The molecule has 6 heteroatoms. The Morgan fingerprint density at radius 3 is 1.59 bits per heavy atom. The Labute approximate surface area is 167 Å². The third-order valence-corrected chi connectivity index (χ3v) is 6.31. The summed E-state index contributed by atoms with van der Waals surface area (Å²) in [6, 6.07) is 0. The van der Waals surface area contributed by atoms with Crippen molar-refractivity contribution >= 4 is 16.1 Å². The van der Waals surface area contributed by atoms with Gasteiger partial charge >= 0.3 is 5.97 Å². The van der Waals surface area contributed by atoms with E-state index in [0.717, 1.165) is 25.2 Å².